The van der Waals surface area contributed by atoms with Gasteiger partial charge in [-0.1, -0.05) is 12.1 Å². The molecule has 1 amide bonds. The molecule has 0 saturated heterocycles. The smallest absolute Gasteiger partial charge is 0.418 e. The standard InChI is InChI=1S/C20H16F3N3O3/c1-29-14-8-6-13(7-9-14)17-10-19(28)26(12-24-17)11-18(27)25-16-5-3-2-4-15(16)20(21,22)23/h2-10,12H,11H2,1H3,(H,25,27). The van der Waals surface area contributed by atoms with Crippen molar-refractivity contribution in [1.29, 1.82) is 0 Å². The number of alkyl halides is 3. The van der Waals surface area contributed by atoms with Gasteiger partial charge in [-0.3, -0.25) is 14.2 Å². The van der Waals surface area contributed by atoms with E-state index in [1.165, 1.54) is 31.6 Å². The quantitative estimate of drug-likeness (QED) is 0.707. The predicted octanol–water partition coefficient (Wildman–Crippen LogP) is 3.58. The second-order valence-corrected chi connectivity index (χ2v) is 6.06. The number of para-hydroxylation sites is 1. The molecule has 9 heteroatoms. The molecule has 0 spiro atoms. The summed E-state index contributed by atoms with van der Waals surface area (Å²) in [5.41, 5.74) is -0.769. The SMILES string of the molecule is COc1ccc(-c2cc(=O)n(CC(=O)Nc3ccccc3C(F)(F)F)cn2)cc1. The largest absolute Gasteiger partial charge is 0.497 e. The van der Waals surface area contributed by atoms with E-state index in [1.54, 1.807) is 24.3 Å². The Hall–Kier alpha value is -3.62. The van der Waals surface area contributed by atoms with E-state index < -0.39 is 29.8 Å². The first-order valence-electron chi connectivity index (χ1n) is 8.45. The highest BCUT2D eigenvalue weighted by atomic mass is 19.4. The van der Waals surface area contributed by atoms with Gasteiger partial charge in [0.1, 0.15) is 12.3 Å². The molecule has 1 aromatic heterocycles. The molecule has 0 atom stereocenters. The molecule has 0 radical (unpaired) electrons. The van der Waals surface area contributed by atoms with E-state index in [0.717, 1.165) is 16.7 Å². The minimum absolute atomic E-state index is 0.374. The molecule has 0 unspecified atom stereocenters. The van der Waals surface area contributed by atoms with Gasteiger partial charge >= 0.3 is 6.18 Å². The molecule has 3 rings (SSSR count). The number of methoxy groups -OCH3 is 1. The lowest BCUT2D eigenvalue weighted by Gasteiger charge is -2.14. The van der Waals surface area contributed by atoms with E-state index >= 15 is 0 Å². The van der Waals surface area contributed by atoms with Crippen LogP contribution in [0.5, 0.6) is 5.75 Å². The molecule has 150 valence electrons. The van der Waals surface area contributed by atoms with Crippen molar-refractivity contribution in [2.24, 2.45) is 0 Å². The molecule has 3 aromatic rings. The number of halogens is 3. The molecule has 0 aliphatic heterocycles. The van der Waals surface area contributed by atoms with Crippen LogP contribution in [0, 0.1) is 0 Å². The van der Waals surface area contributed by atoms with Crippen LogP contribution in [0.25, 0.3) is 11.3 Å². The molecule has 2 aromatic carbocycles. The van der Waals surface area contributed by atoms with Gasteiger partial charge in [0.25, 0.3) is 5.56 Å². The number of rotatable bonds is 5. The highest BCUT2D eigenvalue weighted by molar-refractivity contribution is 5.91. The molecule has 0 aliphatic carbocycles. The fourth-order valence-electron chi connectivity index (χ4n) is 2.65. The average molecular weight is 403 g/mol. The van der Waals surface area contributed by atoms with E-state index in [9.17, 15) is 22.8 Å². The molecular weight excluding hydrogens is 387 g/mol. The normalized spacial score (nSPS) is 11.2. The van der Waals surface area contributed by atoms with Crippen molar-refractivity contribution in [3.63, 3.8) is 0 Å². The van der Waals surface area contributed by atoms with Crippen molar-refractivity contribution in [2.75, 3.05) is 12.4 Å². The topological polar surface area (TPSA) is 73.2 Å². The van der Waals surface area contributed by atoms with Gasteiger partial charge in [-0.25, -0.2) is 4.98 Å². The van der Waals surface area contributed by atoms with Crippen LogP contribution in [-0.2, 0) is 17.5 Å². The summed E-state index contributed by atoms with van der Waals surface area (Å²) >= 11 is 0. The number of carbonyl (C=O) groups excluding carboxylic acids is 1. The van der Waals surface area contributed by atoms with Gasteiger partial charge in [0.15, 0.2) is 0 Å². The summed E-state index contributed by atoms with van der Waals surface area (Å²) in [5, 5.41) is 2.19. The van der Waals surface area contributed by atoms with Gasteiger partial charge in [0.05, 0.1) is 30.4 Å². The lowest BCUT2D eigenvalue weighted by molar-refractivity contribution is -0.137. The second kappa shape index (κ2) is 8.17. The summed E-state index contributed by atoms with van der Waals surface area (Å²) in [5.74, 6) is -0.124. The van der Waals surface area contributed by atoms with Crippen molar-refractivity contribution >= 4 is 11.6 Å². The van der Waals surface area contributed by atoms with Crippen molar-refractivity contribution in [3.05, 3.63) is 76.8 Å². The van der Waals surface area contributed by atoms with Crippen molar-refractivity contribution in [2.45, 2.75) is 12.7 Å². The number of anilines is 1. The van der Waals surface area contributed by atoms with Gasteiger partial charge in [-0.15, -0.1) is 0 Å². The van der Waals surface area contributed by atoms with Crippen molar-refractivity contribution in [1.82, 2.24) is 9.55 Å². The molecule has 0 aliphatic rings. The van der Waals surface area contributed by atoms with Crippen LogP contribution in [0.2, 0.25) is 0 Å². The Morgan fingerprint density at radius 3 is 2.45 bits per heavy atom. The lowest BCUT2D eigenvalue weighted by Crippen LogP contribution is -2.28. The molecule has 29 heavy (non-hydrogen) atoms. The number of nitrogens with one attached hydrogen (secondary N) is 1. The molecule has 0 fully saturated rings. The molecule has 1 N–H and O–H groups in total. The summed E-state index contributed by atoms with van der Waals surface area (Å²) < 4.78 is 45.1. The molecule has 0 bridgehead atoms. The Balaban J connectivity index is 1.76. The minimum atomic E-state index is -4.61. The maximum Gasteiger partial charge on any atom is 0.418 e. The number of carbonyl (C=O) groups is 1. The van der Waals surface area contributed by atoms with Crippen LogP contribution in [0.15, 0.2) is 65.7 Å². The van der Waals surface area contributed by atoms with Gasteiger partial charge in [0, 0.05) is 11.6 Å². The Bertz CT molecular complexity index is 1080. The molecule has 0 saturated carbocycles. The third-order valence-corrected chi connectivity index (χ3v) is 4.09. The van der Waals surface area contributed by atoms with E-state index in [-0.39, 0.29) is 5.69 Å². The first kappa shape index (κ1) is 20.1. The Morgan fingerprint density at radius 2 is 1.83 bits per heavy atom. The molecule has 6 nitrogen and oxygen atoms in total. The lowest BCUT2D eigenvalue weighted by atomic mass is 10.1. The third kappa shape index (κ3) is 4.81. The van der Waals surface area contributed by atoms with Crippen LogP contribution in [0.3, 0.4) is 0 Å². The Morgan fingerprint density at radius 1 is 1.14 bits per heavy atom. The number of hydrogen-bond acceptors (Lipinski definition) is 4. The number of ether oxygens (including phenoxy) is 1. The van der Waals surface area contributed by atoms with Crippen LogP contribution in [-0.4, -0.2) is 22.6 Å². The molecular formula is C20H16F3N3O3. The van der Waals surface area contributed by atoms with Crippen LogP contribution < -0.4 is 15.6 Å². The fourth-order valence-corrected chi connectivity index (χ4v) is 2.65. The maximum atomic E-state index is 13.0. The number of nitrogens with zero attached hydrogens (tertiary/aromatic N) is 2. The summed E-state index contributed by atoms with van der Waals surface area (Å²) in [4.78, 5) is 28.6. The summed E-state index contributed by atoms with van der Waals surface area (Å²) in [6, 6.07) is 12.8. The zero-order valence-corrected chi connectivity index (χ0v) is 15.2. The van der Waals surface area contributed by atoms with Gasteiger partial charge in [0.2, 0.25) is 5.91 Å². The number of benzene rings is 2. The zero-order valence-electron chi connectivity index (χ0n) is 15.2. The van der Waals surface area contributed by atoms with Crippen LogP contribution in [0.1, 0.15) is 5.56 Å². The number of aromatic nitrogens is 2. The van der Waals surface area contributed by atoms with E-state index in [4.69, 9.17) is 4.74 Å². The summed E-state index contributed by atoms with van der Waals surface area (Å²) in [6.45, 7) is -0.471. The Kier molecular flexibility index (Phi) is 5.67. The van der Waals surface area contributed by atoms with Crippen molar-refractivity contribution in [3.8, 4) is 17.0 Å². The summed E-state index contributed by atoms with van der Waals surface area (Å²) in [7, 11) is 1.53. The first-order chi connectivity index (χ1) is 13.8. The van der Waals surface area contributed by atoms with E-state index in [0.29, 0.717) is 17.0 Å². The number of amides is 1. The summed E-state index contributed by atoms with van der Waals surface area (Å²) in [6.07, 6.45) is -3.43. The van der Waals surface area contributed by atoms with Crippen LogP contribution >= 0.6 is 0 Å². The monoisotopic (exact) mass is 403 g/mol. The minimum Gasteiger partial charge on any atom is -0.497 e. The van der Waals surface area contributed by atoms with E-state index in [2.05, 4.69) is 10.3 Å². The fraction of sp³-hybridized carbons (Fsp3) is 0.150. The Labute approximate surface area is 163 Å². The average Bonchev–Trinajstić information content (AvgIpc) is 2.69. The first-order valence-corrected chi connectivity index (χ1v) is 8.45. The number of hydrogen-bond donors (Lipinski definition) is 1. The van der Waals surface area contributed by atoms with Gasteiger partial charge < -0.3 is 10.1 Å². The highest BCUT2D eigenvalue weighted by Gasteiger charge is 2.33. The van der Waals surface area contributed by atoms with Gasteiger partial charge in [-0.05, 0) is 36.4 Å². The predicted molar refractivity (Wildman–Crippen MR) is 101 cm³/mol. The second-order valence-electron chi connectivity index (χ2n) is 6.06. The van der Waals surface area contributed by atoms with E-state index in [1.807, 2.05) is 0 Å². The van der Waals surface area contributed by atoms with Crippen molar-refractivity contribution < 1.29 is 22.7 Å². The highest BCUT2D eigenvalue weighted by Crippen LogP contribution is 2.34. The molecule has 1 heterocycles. The maximum absolute atomic E-state index is 13.0. The van der Waals surface area contributed by atoms with Gasteiger partial charge in [-0.2, -0.15) is 13.2 Å². The van der Waals surface area contributed by atoms with Crippen LogP contribution in [0.4, 0.5) is 18.9 Å². The zero-order chi connectivity index (χ0) is 21.0. The third-order valence-electron chi connectivity index (χ3n) is 4.09.